The van der Waals surface area contributed by atoms with Gasteiger partial charge in [-0.05, 0) is 25.0 Å². The number of hydrogen-bond donors (Lipinski definition) is 0. The average Bonchev–Trinajstić information content (AvgIpc) is 2.68. The topological polar surface area (TPSA) is 42.0 Å². The van der Waals surface area contributed by atoms with Crippen LogP contribution in [0.1, 0.15) is 25.7 Å². The van der Waals surface area contributed by atoms with Crippen molar-refractivity contribution in [1.82, 2.24) is 9.80 Å². The van der Waals surface area contributed by atoms with E-state index in [4.69, 9.17) is 32.7 Å². The highest BCUT2D eigenvalue weighted by Crippen LogP contribution is 2.28. The van der Waals surface area contributed by atoms with Crippen molar-refractivity contribution in [2.24, 2.45) is 0 Å². The molecule has 1 saturated carbocycles. The van der Waals surface area contributed by atoms with Crippen molar-refractivity contribution in [3.63, 3.8) is 0 Å². The summed E-state index contributed by atoms with van der Waals surface area (Å²) in [6.07, 6.45) is 4.56. The molecule has 0 radical (unpaired) electrons. The molecule has 0 bridgehead atoms. The number of benzene rings is 1. The van der Waals surface area contributed by atoms with E-state index in [2.05, 4.69) is 4.90 Å². The summed E-state index contributed by atoms with van der Waals surface area (Å²) in [5, 5.41) is 0.891. The normalized spacial score (nSPS) is 24.3. The van der Waals surface area contributed by atoms with Gasteiger partial charge < -0.3 is 14.4 Å². The first-order chi connectivity index (χ1) is 12.6. The van der Waals surface area contributed by atoms with Gasteiger partial charge in [0.15, 0.2) is 6.61 Å². The molecule has 1 aliphatic carbocycles. The van der Waals surface area contributed by atoms with Gasteiger partial charge in [-0.2, -0.15) is 0 Å². The van der Waals surface area contributed by atoms with Crippen LogP contribution in [0.4, 0.5) is 0 Å². The highest BCUT2D eigenvalue weighted by molar-refractivity contribution is 6.42. The lowest BCUT2D eigenvalue weighted by Crippen LogP contribution is -2.56. The number of halogens is 2. The molecule has 1 aliphatic heterocycles. The van der Waals surface area contributed by atoms with Gasteiger partial charge in [0, 0.05) is 38.3 Å². The largest absolute Gasteiger partial charge is 0.484 e. The number of amides is 1. The summed E-state index contributed by atoms with van der Waals surface area (Å²) in [6.45, 7) is 3.45. The van der Waals surface area contributed by atoms with Crippen molar-refractivity contribution < 1.29 is 14.3 Å². The molecule has 1 aromatic rings. The summed E-state index contributed by atoms with van der Waals surface area (Å²) in [7, 11) is 1.89. The molecule has 26 heavy (non-hydrogen) atoms. The Balaban J connectivity index is 1.59. The summed E-state index contributed by atoms with van der Waals surface area (Å²) in [5.74, 6) is 0.538. The molecule has 7 heteroatoms. The maximum absolute atomic E-state index is 12.7. The van der Waals surface area contributed by atoms with Gasteiger partial charge in [-0.3, -0.25) is 9.69 Å². The maximum Gasteiger partial charge on any atom is 0.260 e. The molecule has 1 saturated heterocycles. The van der Waals surface area contributed by atoms with Crippen molar-refractivity contribution in [1.29, 1.82) is 0 Å². The van der Waals surface area contributed by atoms with Crippen LogP contribution in [0.25, 0.3) is 0 Å². The van der Waals surface area contributed by atoms with Crippen molar-refractivity contribution >= 4 is 29.1 Å². The number of likely N-dealkylation sites (N-methyl/N-ethyl adjacent to an activating group) is 1. The first-order valence-electron chi connectivity index (χ1n) is 9.21. The zero-order chi connectivity index (χ0) is 18.5. The molecular formula is C19H26Cl2N2O3. The van der Waals surface area contributed by atoms with Crippen molar-refractivity contribution in [2.45, 2.75) is 37.8 Å². The number of rotatable bonds is 5. The maximum atomic E-state index is 12.7. The SMILES string of the molecule is CN(C(=O)COc1ccc(Cl)c(Cl)c1)[C@@H]1CCCC[C@H]1N1CCOCC1. The van der Waals surface area contributed by atoms with Crippen LogP contribution >= 0.6 is 23.2 Å². The van der Waals surface area contributed by atoms with Crippen LogP contribution in [0.2, 0.25) is 10.0 Å². The minimum atomic E-state index is -0.0127. The first kappa shape index (κ1) is 19.7. The zero-order valence-corrected chi connectivity index (χ0v) is 16.6. The second kappa shape index (κ2) is 9.27. The Bertz CT molecular complexity index is 623. The molecule has 1 aromatic carbocycles. The summed E-state index contributed by atoms with van der Waals surface area (Å²) in [6, 6.07) is 5.66. The van der Waals surface area contributed by atoms with Crippen LogP contribution in [-0.4, -0.2) is 67.7 Å². The quantitative estimate of drug-likeness (QED) is 0.758. The lowest BCUT2D eigenvalue weighted by atomic mass is 9.88. The van der Waals surface area contributed by atoms with Crippen LogP contribution < -0.4 is 4.74 Å². The van der Waals surface area contributed by atoms with Gasteiger partial charge in [-0.1, -0.05) is 36.0 Å². The fraction of sp³-hybridized carbons (Fsp3) is 0.632. The summed E-state index contributed by atoms with van der Waals surface area (Å²) in [4.78, 5) is 17.0. The zero-order valence-electron chi connectivity index (χ0n) is 15.1. The predicted molar refractivity (Wildman–Crippen MR) is 103 cm³/mol. The van der Waals surface area contributed by atoms with E-state index in [1.807, 2.05) is 11.9 Å². The third-order valence-electron chi connectivity index (χ3n) is 5.35. The molecule has 0 aromatic heterocycles. The monoisotopic (exact) mass is 400 g/mol. The Morgan fingerprint density at radius 2 is 1.96 bits per heavy atom. The molecule has 144 valence electrons. The predicted octanol–water partition coefficient (Wildman–Crippen LogP) is 3.47. The molecule has 5 nitrogen and oxygen atoms in total. The van der Waals surface area contributed by atoms with E-state index < -0.39 is 0 Å². The standard InChI is InChI=1S/C19H26Cl2N2O3/c1-22(19(24)13-26-14-6-7-15(20)16(21)12-14)17-4-2-3-5-18(17)23-8-10-25-11-9-23/h6-7,12,17-18H,2-5,8-11,13H2,1H3/t17-,18-/m1/s1. The van der Waals surface area contributed by atoms with E-state index in [0.717, 1.165) is 45.6 Å². The molecule has 2 fully saturated rings. The van der Waals surface area contributed by atoms with Gasteiger partial charge in [0.25, 0.3) is 5.91 Å². The molecule has 2 aliphatic rings. The van der Waals surface area contributed by atoms with Crippen LogP contribution in [0.3, 0.4) is 0 Å². The molecule has 3 rings (SSSR count). The molecule has 1 amide bonds. The molecule has 1 heterocycles. The lowest BCUT2D eigenvalue weighted by Gasteiger charge is -2.45. The smallest absolute Gasteiger partial charge is 0.260 e. The second-order valence-corrected chi connectivity index (χ2v) is 7.75. The molecule has 2 atom stereocenters. The van der Waals surface area contributed by atoms with Crippen LogP contribution in [0.15, 0.2) is 18.2 Å². The lowest BCUT2D eigenvalue weighted by molar-refractivity contribution is -0.137. The van der Waals surface area contributed by atoms with Crippen LogP contribution in [-0.2, 0) is 9.53 Å². The highest BCUT2D eigenvalue weighted by atomic mass is 35.5. The molecule has 0 spiro atoms. The Morgan fingerprint density at radius 1 is 1.23 bits per heavy atom. The summed E-state index contributed by atoms with van der Waals surface area (Å²) in [5.41, 5.74) is 0. The van der Waals surface area contributed by atoms with Gasteiger partial charge in [-0.25, -0.2) is 0 Å². The van der Waals surface area contributed by atoms with Crippen molar-refractivity contribution in [3.05, 3.63) is 28.2 Å². The Hall–Kier alpha value is -1.01. The number of morpholine rings is 1. The van der Waals surface area contributed by atoms with Crippen molar-refractivity contribution in [2.75, 3.05) is 40.0 Å². The minimum absolute atomic E-state index is 0.000786. The van der Waals surface area contributed by atoms with Gasteiger partial charge in [0.2, 0.25) is 0 Å². The Morgan fingerprint density at radius 3 is 2.69 bits per heavy atom. The number of hydrogen-bond acceptors (Lipinski definition) is 4. The Kier molecular flexibility index (Phi) is 7.04. The summed E-state index contributed by atoms with van der Waals surface area (Å²) >= 11 is 11.9. The van der Waals surface area contributed by atoms with E-state index >= 15 is 0 Å². The molecule has 0 N–H and O–H groups in total. The van der Waals surface area contributed by atoms with E-state index in [-0.39, 0.29) is 18.6 Å². The van der Waals surface area contributed by atoms with E-state index in [1.54, 1.807) is 18.2 Å². The highest BCUT2D eigenvalue weighted by Gasteiger charge is 2.35. The van der Waals surface area contributed by atoms with Gasteiger partial charge in [0.05, 0.1) is 23.3 Å². The number of carbonyl (C=O) groups excluding carboxylic acids is 1. The second-order valence-electron chi connectivity index (χ2n) is 6.94. The third kappa shape index (κ3) is 4.83. The Labute approximate surface area is 165 Å². The number of nitrogens with zero attached hydrogens (tertiary/aromatic N) is 2. The fourth-order valence-corrected chi connectivity index (χ4v) is 4.17. The van der Waals surface area contributed by atoms with Crippen molar-refractivity contribution in [3.8, 4) is 5.75 Å². The van der Waals surface area contributed by atoms with Gasteiger partial charge >= 0.3 is 0 Å². The van der Waals surface area contributed by atoms with Crippen LogP contribution in [0, 0.1) is 0 Å². The van der Waals surface area contributed by atoms with E-state index in [0.29, 0.717) is 21.8 Å². The third-order valence-corrected chi connectivity index (χ3v) is 6.09. The average molecular weight is 401 g/mol. The fourth-order valence-electron chi connectivity index (χ4n) is 3.88. The molecular weight excluding hydrogens is 375 g/mol. The molecule has 0 unspecified atom stereocenters. The first-order valence-corrected chi connectivity index (χ1v) is 9.97. The number of ether oxygens (including phenoxy) is 2. The van der Waals surface area contributed by atoms with Gasteiger partial charge in [-0.15, -0.1) is 0 Å². The summed E-state index contributed by atoms with van der Waals surface area (Å²) < 4.78 is 11.1. The van der Waals surface area contributed by atoms with E-state index in [9.17, 15) is 4.79 Å². The van der Waals surface area contributed by atoms with Gasteiger partial charge in [0.1, 0.15) is 5.75 Å². The minimum Gasteiger partial charge on any atom is -0.484 e. The van der Waals surface area contributed by atoms with E-state index in [1.165, 1.54) is 6.42 Å². The van der Waals surface area contributed by atoms with Crippen LogP contribution in [0.5, 0.6) is 5.75 Å². The number of carbonyl (C=O) groups is 1.